The fraction of sp³-hybridized carbons (Fsp3) is 0.455. The van der Waals surface area contributed by atoms with Gasteiger partial charge in [0, 0.05) is 24.1 Å². The molecular formula is C55H66F2N6O7SSi. The minimum Gasteiger partial charge on any atom is -0.456 e. The first-order chi connectivity index (χ1) is 34.2. The molecule has 1 amide bonds. The van der Waals surface area contributed by atoms with E-state index in [1.165, 1.54) is 22.7 Å². The number of carbonyl (C=O) groups is 2. The summed E-state index contributed by atoms with van der Waals surface area (Å²) >= 11 is 1.44. The summed E-state index contributed by atoms with van der Waals surface area (Å²) in [5.74, 6) is -1.77. The van der Waals surface area contributed by atoms with E-state index in [9.17, 15) is 18.4 Å². The van der Waals surface area contributed by atoms with Crippen LogP contribution >= 0.6 is 11.8 Å². The van der Waals surface area contributed by atoms with Gasteiger partial charge in [0.2, 0.25) is 0 Å². The summed E-state index contributed by atoms with van der Waals surface area (Å²) in [6.45, 7) is 20.1. The smallest absolute Gasteiger partial charge is 0.416 e. The molecular weight excluding hydrogens is 955 g/mol. The van der Waals surface area contributed by atoms with Gasteiger partial charge in [0.15, 0.2) is 33.8 Å². The molecule has 13 nitrogen and oxygen atoms in total. The second-order valence-corrected chi connectivity index (χ2v) is 26.9. The number of carbonyl (C=O) groups excluding carboxylic acids is 2. The third kappa shape index (κ3) is 11.8. The second kappa shape index (κ2) is 21.5. The zero-order valence-electron chi connectivity index (χ0n) is 42.9. The molecule has 1 saturated heterocycles. The highest BCUT2D eigenvalue weighted by atomic mass is 32.2. The Labute approximate surface area is 426 Å². The molecule has 6 aromatic rings. The van der Waals surface area contributed by atoms with Gasteiger partial charge in [-0.2, -0.15) is 0 Å². The van der Waals surface area contributed by atoms with E-state index in [0.29, 0.717) is 46.1 Å². The largest absolute Gasteiger partial charge is 0.456 e. The highest BCUT2D eigenvalue weighted by molar-refractivity contribution is 7.99. The van der Waals surface area contributed by atoms with Gasteiger partial charge in [-0.3, -0.25) is 4.90 Å². The molecule has 0 spiro atoms. The third-order valence-electron chi connectivity index (χ3n) is 12.7. The number of benzene rings is 4. The molecule has 0 N–H and O–H groups in total. The van der Waals surface area contributed by atoms with Crippen LogP contribution in [0.4, 0.5) is 19.4 Å². The number of anilines is 1. The highest BCUT2D eigenvalue weighted by Gasteiger charge is 2.52. The van der Waals surface area contributed by atoms with Crippen LogP contribution in [0.15, 0.2) is 108 Å². The van der Waals surface area contributed by atoms with Gasteiger partial charge in [-0.25, -0.2) is 33.0 Å². The van der Waals surface area contributed by atoms with E-state index in [2.05, 4.69) is 52.0 Å². The van der Waals surface area contributed by atoms with Crippen LogP contribution in [0.25, 0.3) is 11.2 Å². The summed E-state index contributed by atoms with van der Waals surface area (Å²) in [5, 5.41) is 11.9. The fourth-order valence-electron chi connectivity index (χ4n) is 9.48. The lowest BCUT2D eigenvalue weighted by Crippen LogP contribution is -2.67. The summed E-state index contributed by atoms with van der Waals surface area (Å²) in [4.78, 5) is 39.3. The van der Waals surface area contributed by atoms with Gasteiger partial charge in [0.25, 0.3) is 8.32 Å². The average Bonchev–Trinajstić information content (AvgIpc) is 3.80. The molecule has 0 unspecified atom stereocenters. The number of ether oxygens (including phenoxy) is 4. The van der Waals surface area contributed by atoms with Crippen LogP contribution in [0, 0.1) is 11.6 Å². The molecule has 5 atom stereocenters. The van der Waals surface area contributed by atoms with Crippen LogP contribution in [0.5, 0.6) is 0 Å². The predicted molar refractivity (Wildman–Crippen MR) is 278 cm³/mol. The number of amides is 1. The van der Waals surface area contributed by atoms with Crippen molar-refractivity contribution in [2.24, 2.45) is 0 Å². The lowest BCUT2D eigenvalue weighted by atomic mass is 10.1. The summed E-state index contributed by atoms with van der Waals surface area (Å²) < 4.78 is 63.2. The summed E-state index contributed by atoms with van der Waals surface area (Å²) in [6, 6.07) is 30.9. The molecule has 2 aromatic heterocycles. The SMILES string of the molecule is CCCSc1nc(N(C(=O)OC(C)(C)C)[C@@H]2C[C@H]2c2ccc(F)c(F)c2)c2nnn([C@@H]3C[C@H](COCc4ccccc4C(=O)OC(C)(C)C)O[C@H]3CO[Si](c3ccccc3)(c3ccccc3)C(C)(C)C)c2n1. The molecule has 0 bridgehead atoms. The second-order valence-electron chi connectivity index (χ2n) is 21.6. The first kappa shape index (κ1) is 52.7. The number of esters is 1. The minimum absolute atomic E-state index is 0.136. The minimum atomic E-state index is -3.07. The zero-order chi connectivity index (χ0) is 51.6. The van der Waals surface area contributed by atoms with Crippen LogP contribution in [-0.2, 0) is 30.0 Å². The monoisotopic (exact) mass is 1020 g/mol. The number of thioether (sulfide) groups is 1. The molecule has 1 aliphatic heterocycles. The molecule has 382 valence electrons. The number of hydrogen-bond donors (Lipinski definition) is 0. The number of nitrogens with zero attached hydrogens (tertiary/aromatic N) is 6. The van der Waals surface area contributed by atoms with Gasteiger partial charge in [-0.15, -0.1) is 5.10 Å². The van der Waals surface area contributed by atoms with Crippen molar-refractivity contribution in [2.45, 2.75) is 147 Å². The van der Waals surface area contributed by atoms with Crippen molar-refractivity contribution in [1.82, 2.24) is 25.0 Å². The Hall–Kier alpha value is -5.59. The lowest BCUT2D eigenvalue weighted by molar-refractivity contribution is -0.0380. The van der Waals surface area contributed by atoms with E-state index in [1.54, 1.807) is 43.7 Å². The first-order valence-electron chi connectivity index (χ1n) is 24.7. The molecule has 72 heavy (non-hydrogen) atoms. The van der Waals surface area contributed by atoms with Crippen LogP contribution in [0.3, 0.4) is 0 Å². The Kier molecular flexibility index (Phi) is 15.7. The number of rotatable bonds is 17. The van der Waals surface area contributed by atoms with Crippen molar-refractivity contribution in [3.05, 3.63) is 131 Å². The molecule has 1 saturated carbocycles. The zero-order valence-corrected chi connectivity index (χ0v) is 44.7. The Bertz CT molecular complexity index is 2820. The Balaban J connectivity index is 1.19. The molecule has 3 heterocycles. The number of hydrogen-bond acceptors (Lipinski definition) is 12. The van der Waals surface area contributed by atoms with Crippen LogP contribution < -0.4 is 15.3 Å². The maximum absolute atomic E-state index is 14.6. The number of halogens is 2. The van der Waals surface area contributed by atoms with Gasteiger partial charge in [0.1, 0.15) is 17.3 Å². The van der Waals surface area contributed by atoms with Gasteiger partial charge in [-0.1, -0.05) is 130 Å². The Morgan fingerprint density at radius 2 is 1.46 bits per heavy atom. The van der Waals surface area contributed by atoms with E-state index >= 15 is 0 Å². The summed E-state index contributed by atoms with van der Waals surface area (Å²) in [5.41, 5.74) is 0.772. The molecule has 17 heteroatoms. The maximum atomic E-state index is 14.6. The van der Waals surface area contributed by atoms with Gasteiger partial charge < -0.3 is 23.4 Å². The molecule has 2 aliphatic rings. The van der Waals surface area contributed by atoms with Crippen LogP contribution in [0.2, 0.25) is 5.04 Å². The van der Waals surface area contributed by atoms with E-state index in [-0.39, 0.29) is 42.1 Å². The maximum Gasteiger partial charge on any atom is 0.416 e. The quantitative estimate of drug-likeness (QED) is 0.0372. The Morgan fingerprint density at radius 3 is 2.08 bits per heavy atom. The van der Waals surface area contributed by atoms with Crippen LogP contribution in [-0.4, -0.2) is 93.8 Å². The van der Waals surface area contributed by atoms with Gasteiger partial charge >= 0.3 is 12.1 Å². The lowest BCUT2D eigenvalue weighted by Gasteiger charge is -2.43. The van der Waals surface area contributed by atoms with E-state index in [4.69, 9.17) is 43.7 Å². The molecule has 4 aromatic carbocycles. The normalized spacial score (nSPS) is 19.4. The van der Waals surface area contributed by atoms with Crippen molar-refractivity contribution < 1.29 is 41.7 Å². The van der Waals surface area contributed by atoms with Crippen molar-refractivity contribution in [3.63, 3.8) is 0 Å². The third-order valence-corrected chi connectivity index (χ3v) is 18.7. The highest BCUT2D eigenvalue weighted by Crippen LogP contribution is 2.48. The average molecular weight is 1020 g/mol. The summed E-state index contributed by atoms with van der Waals surface area (Å²) in [7, 11) is -3.07. The fourth-order valence-corrected chi connectivity index (χ4v) is 14.7. The first-order valence-corrected chi connectivity index (χ1v) is 27.6. The standard InChI is InChI=1S/C55H66F2N6O7SSi/c1-11-28-71-51-58-48(62(52(65)70-54(5,6)7)44-31-41(44)35-26-27-42(56)43(57)29-35)47-49(59-51)63(61-60-47)45-30-37(33-66-32-36-20-18-19-25-40(36)50(64)69-53(2,3)4)68-46(45)34-67-72(55(8,9)10,38-21-14-12-15-22-38)39-23-16-13-17-24-39/h12-27,29,37,41,44-46H,11,28,30-34H2,1-10H3/t37-,41+,44-,45-,46+/m1/s1. The number of fused-ring (bicyclic) bond motifs is 1. The predicted octanol–water partition coefficient (Wildman–Crippen LogP) is 10.7. The number of aromatic nitrogens is 5. The Morgan fingerprint density at radius 1 is 0.806 bits per heavy atom. The van der Waals surface area contributed by atoms with Crippen molar-refractivity contribution >= 4 is 59.5 Å². The molecule has 8 rings (SSSR count). The van der Waals surface area contributed by atoms with E-state index in [1.807, 2.05) is 69.3 Å². The molecule has 0 radical (unpaired) electrons. The van der Waals surface area contributed by atoms with Gasteiger partial charge in [-0.05, 0) is 99.1 Å². The van der Waals surface area contributed by atoms with Gasteiger partial charge in [0.05, 0.1) is 37.5 Å². The van der Waals surface area contributed by atoms with Crippen LogP contribution in [0.1, 0.15) is 122 Å². The van der Waals surface area contributed by atoms with Crippen molar-refractivity contribution in [3.8, 4) is 0 Å². The van der Waals surface area contributed by atoms with E-state index < -0.39 is 67.5 Å². The summed E-state index contributed by atoms with van der Waals surface area (Å²) in [6.07, 6.45) is -0.000148. The molecule has 1 aliphatic carbocycles. The topological polar surface area (TPSA) is 140 Å². The molecule has 2 fully saturated rings. The van der Waals surface area contributed by atoms with Crippen molar-refractivity contribution in [2.75, 3.05) is 23.9 Å². The van der Waals surface area contributed by atoms with Crippen molar-refractivity contribution in [1.29, 1.82) is 0 Å². The van der Waals surface area contributed by atoms with E-state index in [0.717, 1.165) is 22.9 Å².